The number of ether oxygens (including phenoxy) is 1. The van der Waals surface area contributed by atoms with Crippen LogP contribution in [0.1, 0.15) is 20.3 Å². The molecule has 0 fully saturated rings. The molecule has 0 amide bonds. The van der Waals surface area contributed by atoms with Gasteiger partial charge in [0.15, 0.2) is 0 Å². The predicted molar refractivity (Wildman–Crippen MR) is 87.9 cm³/mol. The smallest absolute Gasteiger partial charge is 0.242 e. The van der Waals surface area contributed by atoms with E-state index in [9.17, 15) is 8.42 Å². The van der Waals surface area contributed by atoms with E-state index in [1.54, 1.807) is 6.07 Å². The number of hydrogen-bond donors (Lipinski definition) is 2. The maximum absolute atomic E-state index is 12.4. The molecule has 21 heavy (non-hydrogen) atoms. The molecule has 0 aliphatic heterocycles. The van der Waals surface area contributed by atoms with E-state index >= 15 is 0 Å². The Balaban J connectivity index is 0.00000400. The van der Waals surface area contributed by atoms with E-state index in [2.05, 4.69) is 4.72 Å². The molecule has 3 N–H and O–H groups in total. The van der Waals surface area contributed by atoms with Gasteiger partial charge in [0.1, 0.15) is 10.6 Å². The molecule has 1 unspecified atom stereocenters. The highest BCUT2D eigenvalue weighted by Gasteiger charge is 2.23. The molecule has 1 aromatic carbocycles. The molecule has 1 rings (SSSR count). The van der Waals surface area contributed by atoms with Crippen LogP contribution in [0.15, 0.2) is 23.1 Å². The standard InChI is InChI=1S/C13H21ClN2O3S.ClH/c1-9(2)6-10(8-15)16-20(17,18)13-7-11(19-3)4-5-12(13)14;/h4-5,7,9-10,16H,6,8,15H2,1-3H3;1H. The minimum Gasteiger partial charge on any atom is -0.497 e. The summed E-state index contributed by atoms with van der Waals surface area (Å²) in [6.45, 7) is 4.25. The molecule has 122 valence electrons. The van der Waals surface area contributed by atoms with Gasteiger partial charge in [0, 0.05) is 18.7 Å². The zero-order valence-corrected chi connectivity index (χ0v) is 14.7. The Bertz CT molecular complexity index is 550. The Morgan fingerprint density at radius 2 is 2.00 bits per heavy atom. The Morgan fingerprint density at radius 3 is 2.48 bits per heavy atom. The molecule has 1 atom stereocenters. The lowest BCUT2D eigenvalue weighted by Gasteiger charge is -2.19. The lowest BCUT2D eigenvalue weighted by atomic mass is 10.1. The first-order valence-electron chi connectivity index (χ1n) is 6.36. The van der Waals surface area contributed by atoms with E-state index in [0.29, 0.717) is 18.1 Å². The van der Waals surface area contributed by atoms with Gasteiger partial charge in [-0.05, 0) is 24.5 Å². The third kappa shape index (κ3) is 6.00. The fourth-order valence-corrected chi connectivity index (χ4v) is 3.64. The predicted octanol–water partition coefficient (Wildman–Crippen LogP) is 2.42. The average Bonchev–Trinajstić information content (AvgIpc) is 2.37. The van der Waals surface area contributed by atoms with Gasteiger partial charge in [-0.1, -0.05) is 25.4 Å². The molecule has 0 saturated carbocycles. The van der Waals surface area contributed by atoms with Crippen molar-refractivity contribution in [3.63, 3.8) is 0 Å². The van der Waals surface area contributed by atoms with Crippen molar-refractivity contribution in [3.8, 4) is 5.75 Å². The minimum atomic E-state index is -3.72. The highest BCUT2D eigenvalue weighted by molar-refractivity contribution is 7.89. The molecule has 8 heteroatoms. The molecular formula is C13H22Cl2N2O3S. The van der Waals surface area contributed by atoms with Gasteiger partial charge in [-0.15, -0.1) is 12.4 Å². The zero-order valence-electron chi connectivity index (χ0n) is 12.3. The number of nitrogens with two attached hydrogens (primary N) is 1. The van der Waals surface area contributed by atoms with Crippen LogP contribution < -0.4 is 15.2 Å². The first kappa shape index (κ1) is 20.5. The van der Waals surface area contributed by atoms with Crippen LogP contribution in [0.25, 0.3) is 0 Å². The van der Waals surface area contributed by atoms with Crippen LogP contribution in [0.4, 0.5) is 0 Å². The summed E-state index contributed by atoms with van der Waals surface area (Å²) in [5.41, 5.74) is 5.62. The summed E-state index contributed by atoms with van der Waals surface area (Å²) in [6, 6.07) is 4.18. The number of nitrogens with one attached hydrogen (secondary N) is 1. The van der Waals surface area contributed by atoms with Gasteiger partial charge < -0.3 is 10.5 Å². The second-order valence-corrected chi connectivity index (χ2v) is 7.07. The molecule has 0 aromatic heterocycles. The van der Waals surface area contributed by atoms with Gasteiger partial charge >= 0.3 is 0 Å². The summed E-state index contributed by atoms with van der Waals surface area (Å²) in [4.78, 5) is 0.000669. The number of hydrogen-bond acceptors (Lipinski definition) is 4. The fourth-order valence-electron chi connectivity index (χ4n) is 1.86. The van der Waals surface area contributed by atoms with Crippen molar-refractivity contribution in [1.29, 1.82) is 0 Å². The minimum absolute atomic E-state index is 0. The SMILES string of the molecule is COc1ccc(Cl)c(S(=O)(=O)NC(CN)CC(C)C)c1.Cl. The zero-order chi connectivity index (χ0) is 15.3. The van der Waals surface area contributed by atoms with Crippen molar-refractivity contribution < 1.29 is 13.2 Å². The highest BCUT2D eigenvalue weighted by atomic mass is 35.5. The van der Waals surface area contributed by atoms with Crippen LogP contribution >= 0.6 is 24.0 Å². The van der Waals surface area contributed by atoms with Crippen molar-refractivity contribution in [2.45, 2.75) is 31.2 Å². The van der Waals surface area contributed by atoms with Crippen LogP contribution in [0.5, 0.6) is 5.75 Å². The summed E-state index contributed by atoms with van der Waals surface area (Å²) in [6.07, 6.45) is 0.664. The monoisotopic (exact) mass is 356 g/mol. The lowest BCUT2D eigenvalue weighted by molar-refractivity contribution is 0.413. The van der Waals surface area contributed by atoms with Crippen LogP contribution in [0.2, 0.25) is 5.02 Å². The molecular weight excluding hydrogens is 335 g/mol. The van der Waals surface area contributed by atoms with Crippen molar-refractivity contribution in [1.82, 2.24) is 4.72 Å². The molecule has 0 radical (unpaired) electrons. The summed E-state index contributed by atoms with van der Waals surface area (Å²) >= 11 is 5.96. The second kappa shape index (κ2) is 8.80. The average molecular weight is 357 g/mol. The summed E-state index contributed by atoms with van der Waals surface area (Å²) < 4.78 is 32.3. The summed E-state index contributed by atoms with van der Waals surface area (Å²) in [5, 5.41) is 0.151. The van der Waals surface area contributed by atoms with Crippen LogP contribution in [0.3, 0.4) is 0 Å². The van der Waals surface area contributed by atoms with E-state index in [4.69, 9.17) is 22.1 Å². The Morgan fingerprint density at radius 1 is 1.38 bits per heavy atom. The number of methoxy groups -OCH3 is 1. The van der Waals surface area contributed by atoms with E-state index in [1.807, 2.05) is 13.8 Å². The Kier molecular flexibility index (Phi) is 8.58. The van der Waals surface area contributed by atoms with Gasteiger partial charge in [0.2, 0.25) is 10.0 Å². The van der Waals surface area contributed by atoms with Crippen molar-refractivity contribution >= 4 is 34.0 Å². The third-order valence-corrected chi connectivity index (χ3v) is 4.79. The maximum Gasteiger partial charge on any atom is 0.242 e. The molecule has 0 heterocycles. The van der Waals surface area contributed by atoms with E-state index in [-0.39, 0.29) is 34.9 Å². The van der Waals surface area contributed by atoms with Gasteiger partial charge in [0.05, 0.1) is 12.1 Å². The number of rotatable bonds is 7. The van der Waals surface area contributed by atoms with Crippen molar-refractivity contribution in [3.05, 3.63) is 23.2 Å². The first-order chi connectivity index (χ1) is 9.30. The summed E-state index contributed by atoms with van der Waals surface area (Å²) in [7, 11) is -2.26. The Hall–Kier alpha value is -0.530. The van der Waals surface area contributed by atoms with Crippen molar-refractivity contribution in [2.75, 3.05) is 13.7 Å². The Labute approximate surface area is 137 Å². The topological polar surface area (TPSA) is 81.4 Å². The maximum atomic E-state index is 12.4. The lowest BCUT2D eigenvalue weighted by Crippen LogP contribution is -2.41. The molecule has 5 nitrogen and oxygen atoms in total. The van der Waals surface area contributed by atoms with E-state index in [0.717, 1.165) is 0 Å². The first-order valence-corrected chi connectivity index (χ1v) is 8.22. The molecule has 0 saturated heterocycles. The van der Waals surface area contributed by atoms with Crippen molar-refractivity contribution in [2.24, 2.45) is 11.7 Å². The van der Waals surface area contributed by atoms with Gasteiger partial charge in [-0.2, -0.15) is 0 Å². The van der Waals surface area contributed by atoms with E-state index in [1.165, 1.54) is 19.2 Å². The van der Waals surface area contributed by atoms with Gasteiger partial charge in [0.25, 0.3) is 0 Å². The quantitative estimate of drug-likeness (QED) is 0.785. The number of sulfonamides is 1. The fraction of sp³-hybridized carbons (Fsp3) is 0.538. The molecule has 0 bridgehead atoms. The molecule has 0 aliphatic carbocycles. The normalized spacial score (nSPS) is 12.9. The highest BCUT2D eigenvalue weighted by Crippen LogP contribution is 2.26. The molecule has 0 aliphatic rings. The van der Waals surface area contributed by atoms with Gasteiger partial charge in [-0.25, -0.2) is 13.1 Å². The van der Waals surface area contributed by atoms with Gasteiger partial charge in [-0.3, -0.25) is 0 Å². The molecule has 1 aromatic rings. The second-order valence-electron chi connectivity index (χ2n) is 4.98. The number of halogens is 2. The van der Waals surface area contributed by atoms with Crippen LogP contribution in [-0.2, 0) is 10.0 Å². The summed E-state index contributed by atoms with van der Waals surface area (Å²) in [5.74, 6) is 0.773. The van der Waals surface area contributed by atoms with Crippen LogP contribution in [0, 0.1) is 5.92 Å². The third-order valence-electron chi connectivity index (χ3n) is 2.79. The molecule has 0 spiro atoms. The van der Waals surface area contributed by atoms with E-state index < -0.39 is 10.0 Å². The van der Waals surface area contributed by atoms with Crippen LogP contribution in [-0.4, -0.2) is 28.1 Å². The largest absolute Gasteiger partial charge is 0.497 e. The number of benzene rings is 1.